The quantitative estimate of drug-likeness (QED) is 0.611. The Morgan fingerprint density at radius 1 is 1.36 bits per heavy atom. The minimum atomic E-state index is -0.759. The van der Waals surface area contributed by atoms with Crippen molar-refractivity contribution in [3.8, 4) is 0 Å². The molecular weight excluding hydrogens is 180 g/mol. The van der Waals surface area contributed by atoms with Gasteiger partial charge in [-0.25, -0.2) is 0 Å². The second-order valence-corrected chi connectivity index (χ2v) is 3.33. The molecule has 0 aliphatic heterocycles. The molecule has 14 heavy (non-hydrogen) atoms. The van der Waals surface area contributed by atoms with Gasteiger partial charge in [0.1, 0.15) is 6.04 Å². The van der Waals surface area contributed by atoms with Gasteiger partial charge in [0.15, 0.2) is 0 Å². The molecule has 0 aliphatic carbocycles. The van der Waals surface area contributed by atoms with Gasteiger partial charge in [-0.3, -0.25) is 4.79 Å². The van der Waals surface area contributed by atoms with E-state index in [1.165, 1.54) is 0 Å². The highest BCUT2D eigenvalue weighted by Crippen LogP contribution is 1.93. The summed E-state index contributed by atoms with van der Waals surface area (Å²) in [4.78, 5) is 13.0. The Morgan fingerprint density at radius 2 is 1.93 bits per heavy atom. The Kier molecular flexibility index (Phi) is 7.42. The molecule has 2 N–H and O–H groups in total. The zero-order valence-electron chi connectivity index (χ0n) is 9.42. The first-order valence-electron chi connectivity index (χ1n) is 5.34. The van der Waals surface area contributed by atoms with E-state index in [2.05, 4.69) is 10.2 Å². The zero-order chi connectivity index (χ0) is 11.0. The van der Waals surface area contributed by atoms with E-state index in [9.17, 15) is 4.79 Å². The minimum absolute atomic E-state index is 0.435. The average Bonchev–Trinajstić information content (AvgIpc) is 2.18. The Hall–Kier alpha value is -0.610. The predicted octanol–water partition coefficient (Wildman–Crippen LogP) is 0.781. The van der Waals surface area contributed by atoms with Crippen LogP contribution >= 0.6 is 0 Å². The number of carbonyl (C=O) groups is 1. The predicted molar refractivity (Wildman–Crippen MR) is 57.5 cm³/mol. The average molecular weight is 202 g/mol. The topological polar surface area (TPSA) is 52.6 Å². The van der Waals surface area contributed by atoms with E-state index in [1.807, 2.05) is 20.8 Å². The number of likely N-dealkylation sites (N-methyl/N-ethyl adjacent to an activating group) is 1. The molecule has 0 radical (unpaired) electrons. The first-order chi connectivity index (χ1) is 6.65. The van der Waals surface area contributed by atoms with E-state index in [0.717, 1.165) is 26.1 Å². The first-order valence-corrected chi connectivity index (χ1v) is 5.34. The van der Waals surface area contributed by atoms with E-state index in [4.69, 9.17) is 5.11 Å². The zero-order valence-corrected chi connectivity index (χ0v) is 9.42. The molecule has 0 fully saturated rings. The van der Waals surface area contributed by atoms with Crippen molar-refractivity contribution in [2.45, 2.75) is 33.2 Å². The lowest BCUT2D eigenvalue weighted by molar-refractivity contribution is -0.140. The van der Waals surface area contributed by atoms with Crippen LogP contribution in [-0.2, 0) is 4.79 Å². The van der Waals surface area contributed by atoms with Gasteiger partial charge in [-0.05, 0) is 26.1 Å². The Morgan fingerprint density at radius 3 is 2.29 bits per heavy atom. The van der Waals surface area contributed by atoms with Crippen molar-refractivity contribution in [1.29, 1.82) is 0 Å². The smallest absolute Gasteiger partial charge is 0.322 e. The fourth-order valence-electron chi connectivity index (χ4n) is 1.29. The maximum absolute atomic E-state index is 10.9. The lowest BCUT2D eigenvalue weighted by atomic mass is 10.2. The molecule has 0 bridgehead atoms. The summed E-state index contributed by atoms with van der Waals surface area (Å²) in [6.45, 7) is 9.26. The molecule has 0 amide bonds. The molecule has 1 unspecified atom stereocenters. The fraction of sp³-hybridized carbons (Fsp3) is 0.900. The second kappa shape index (κ2) is 7.76. The number of hydrogen-bond acceptors (Lipinski definition) is 3. The van der Waals surface area contributed by atoms with E-state index in [0.29, 0.717) is 6.54 Å². The molecule has 0 aliphatic rings. The van der Waals surface area contributed by atoms with Crippen LogP contribution in [0, 0.1) is 0 Å². The molecule has 0 aromatic carbocycles. The normalized spacial score (nSPS) is 13.1. The van der Waals surface area contributed by atoms with E-state index < -0.39 is 12.0 Å². The second-order valence-electron chi connectivity index (χ2n) is 3.33. The largest absolute Gasteiger partial charge is 0.480 e. The molecule has 0 saturated carbocycles. The number of aliphatic carboxylic acids is 1. The lowest BCUT2D eigenvalue weighted by Gasteiger charge is -2.23. The summed E-state index contributed by atoms with van der Waals surface area (Å²) >= 11 is 0. The summed E-state index contributed by atoms with van der Waals surface area (Å²) in [5.41, 5.74) is 0. The summed E-state index contributed by atoms with van der Waals surface area (Å²) in [5.74, 6) is -0.759. The van der Waals surface area contributed by atoms with Crippen LogP contribution < -0.4 is 5.32 Å². The van der Waals surface area contributed by atoms with Gasteiger partial charge in [-0.1, -0.05) is 20.8 Å². The lowest BCUT2D eigenvalue weighted by Crippen LogP contribution is -2.46. The van der Waals surface area contributed by atoms with Crippen molar-refractivity contribution in [1.82, 2.24) is 10.2 Å². The van der Waals surface area contributed by atoms with E-state index in [-0.39, 0.29) is 0 Å². The third kappa shape index (κ3) is 5.19. The van der Waals surface area contributed by atoms with Crippen molar-refractivity contribution in [3.63, 3.8) is 0 Å². The molecule has 1 atom stereocenters. The van der Waals surface area contributed by atoms with E-state index >= 15 is 0 Å². The summed E-state index contributed by atoms with van der Waals surface area (Å²) in [7, 11) is 0. The molecule has 0 heterocycles. The molecule has 84 valence electrons. The van der Waals surface area contributed by atoms with Crippen molar-refractivity contribution in [2.24, 2.45) is 0 Å². The standard InChI is InChI=1S/C10H22N2O2/c1-4-7-11-9(10(13)14)8-12(5-2)6-3/h9,11H,4-8H2,1-3H3,(H,13,14). The van der Waals surface area contributed by atoms with Crippen LogP contribution in [0.5, 0.6) is 0 Å². The number of nitrogens with zero attached hydrogens (tertiary/aromatic N) is 1. The van der Waals surface area contributed by atoms with Gasteiger partial charge < -0.3 is 15.3 Å². The molecule has 4 nitrogen and oxygen atoms in total. The van der Waals surface area contributed by atoms with Gasteiger partial charge in [0.2, 0.25) is 0 Å². The third-order valence-electron chi connectivity index (χ3n) is 2.27. The van der Waals surface area contributed by atoms with Gasteiger partial charge >= 0.3 is 5.97 Å². The molecule has 0 rings (SSSR count). The summed E-state index contributed by atoms with van der Waals surface area (Å²) in [6, 6.07) is -0.435. The third-order valence-corrected chi connectivity index (χ3v) is 2.27. The number of nitrogens with one attached hydrogen (secondary N) is 1. The highest BCUT2D eigenvalue weighted by molar-refractivity contribution is 5.73. The van der Waals surface area contributed by atoms with Crippen LogP contribution in [0.25, 0.3) is 0 Å². The van der Waals surface area contributed by atoms with Crippen LogP contribution in [0.1, 0.15) is 27.2 Å². The minimum Gasteiger partial charge on any atom is -0.480 e. The van der Waals surface area contributed by atoms with Crippen LogP contribution in [0.15, 0.2) is 0 Å². The number of hydrogen-bond donors (Lipinski definition) is 2. The maximum Gasteiger partial charge on any atom is 0.322 e. The van der Waals surface area contributed by atoms with Gasteiger partial charge in [0.05, 0.1) is 0 Å². The summed E-state index contributed by atoms with van der Waals surface area (Å²) < 4.78 is 0. The van der Waals surface area contributed by atoms with Crippen molar-refractivity contribution >= 4 is 5.97 Å². The van der Waals surface area contributed by atoms with Crippen LogP contribution in [0.3, 0.4) is 0 Å². The molecule has 0 aromatic rings. The Bertz CT molecular complexity index is 158. The SMILES string of the molecule is CCCNC(CN(CC)CC)C(=O)O. The monoisotopic (exact) mass is 202 g/mol. The van der Waals surface area contributed by atoms with Gasteiger partial charge in [-0.2, -0.15) is 0 Å². The fourth-order valence-corrected chi connectivity index (χ4v) is 1.29. The molecule has 0 spiro atoms. The highest BCUT2D eigenvalue weighted by Gasteiger charge is 2.18. The van der Waals surface area contributed by atoms with Crippen molar-refractivity contribution in [2.75, 3.05) is 26.2 Å². The van der Waals surface area contributed by atoms with Crippen LogP contribution in [0.4, 0.5) is 0 Å². The van der Waals surface area contributed by atoms with Crippen LogP contribution in [0.2, 0.25) is 0 Å². The molecule has 0 saturated heterocycles. The maximum atomic E-state index is 10.9. The first kappa shape index (κ1) is 13.4. The van der Waals surface area contributed by atoms with Crippen molar-refractivity contribution < 1.29 is 9.90 Å². The molecular formula is C10H22N2O2. The van der Waals surface area contributed by atoms with E-state index in [1.54, 1.807) is 0 Å². The molecule has 4 heteroatoms. The number of carboxylic acid groups (broad SMARTS) is 1. The number of rotatable bonds is 8. The van der Waals surface area contributed by atoms with Gasteiger partial charge in [0, 0.05) is 6.54 Å². The highest BCUT2D eigenvalue weighted by atomic mass is 16.4. The summed E-state index contributed by atoms with van der Waals surface area (Å²) in [5, 5.41) is 12.0. The Balaban J connectivity index is 4.00. The van der Waals surface area contributed by atoms with Gasteiger partial charge in [-0.15, -0.1) is 0 Å². The van der Waals surface area contributed by atoms with Crippen LogP contribution in [-0.4, -0.2) is 48.2 Å². The van der Waals surface area contributed by atoms with Crippen molar-refractivity contribution in [3.05, 3.63) is 0 Å². The number of carboxylic acids is 1. The molecule has 0 aromatic heterocycles. The van der Waals surface area contributed by atoms with Gasteiger partial charge in [0.25, 0.3) is 0 Å². The summed E-state index contributed by atoms with van der Waals surface area (Å²) in [6.07, 6.45) is 0.960. The Labute approximate surface area is 86.3 Å².